The van der Waals surface area contributed by atoms with E-state index in [1.165, 1.54) is 12.1 Å². The van der Waals surface area contributed by atoms with E-state index in [0.717, 1.165) is 45.4 Å². The van der Waals surface area contributed by atoms with Crippen LogP contribution in [0.3, 0.4) is 0 Å². The number of imidazole rings is 2. The highest BCUT2D eigenvalue weighted by Crippen LogP contribution is 2.32. The summed E-state index contributed by atoms with van der Waals surface area (Å²) in [5.74, 6) is 0.809. The van der Waals surface area contributed by atoms with Gasteiger partial charge in [-0.1, -0.05) is 6.07 Å². The van der Waals surface area contributed by atoms with Gasteiger partial charge in [-0.2, -0.15) is 5.10 Å². The zero-order chi connectivity index (χ0) is 25.0. The first-order valence-corrected chi connectivity index (χ1v) is 11.4. The van der Waals surface area contributed by atoms with Crippen molar-refractivity contribution in [2.75, 3.05) is 4.90 Å². The Balaban J connectivity index is 1.37. The number of fused-ring (bicyclic) bond motifs is 2. The number of halogens is 1. The van der Waals surface area contributed by atoms with E-state index in [2.05, 4.69) is 0 Å². The lowest BCUT2D eigenvalue weighted by Gasteiger charge is -2.23. The monoisotopic (exact) mass is 479 g/mol. The number of benzene rings is 2. The SMILES string of the molecule is Cc1nc(-c2ccc(F)cc2)c(-c2ccc3nc(N4C=Cc5ccc(C(N)=O)cc5C4)cn3n2)n1C. The van der Waals surface area contributed by atoms with Crippen LogP contribution in [0.1, 0.15) is 27.3 Å². The Morgan fingerprint density at radius 2 is 1.86 bits per heavy atom. The van der Waals surface area contributed by atoms with Gasteiger partial charge in [0.05, 0.1) is 17.6 Å². The summed E-state index contributed by atoms with van der Waals surface area (Å²) in [4.78, 5) is 23.1. The zero-order valence-electron chi connectivity index (χ0n) is 19.7. The Morgan fingerprint density at radius 1 is 1.06 bits per heavy atom. The maximum absolute atomic E-state index is 13.5. The van der Waals surface area contributed by atoms with Crippen molar-refractivity contribution >= 4 is 23.4 Å². The molecule has 178 valence electrons. The molecule has 6 rings (SSSR count). The first kappa shape index (κ1) is 21.7. The summed E-state index contributed by atoms with van der Waals surface area (Å²) in [6.45, 7) is 2.48. The minimum atomic E-state index is -0.450. The molecule has 0 bridgehead atoms. The van der Waals surface area contributed by atoms with Gasteiger partial charge in [0.2, 0.25) is 5.91 Å². The van der Waals surface area contributed by atoms with Crippen molar-refractivity contribution in [3.05, 3.63) is 95.3 Å². The molecule has 0 saturated carbocycles. The normalized spacial score (nSPS) is 12.8. The van der Waals surface area contributed by atoms with E-state index >= 15 is 0 Å². The molecule has 0 radical (unpaired) electrons. The predicted molar refractivity (Wildman–Crippen MR) is 135 cm³/mol. The van der Waals surface area contributed by atoms with E-state index in [0.29, 0.717) is 17.8 Å². The van der Waals surface area contributed by atoms with Gasteiger partial charge in [-0.3, -0.25) is 4.79 Å². The largest absolute Gasteiger partial charge is 0.366 e. The van der Waals surface area contributed by atoms with Gasteiger partial charge in [0.1, 0.15) is 17.3 Å². The summed E-state index contributed by atoms with van der Waals surface area (Å²) >= 11 is 0. The second-order valence-electron chi connectivity index (χ2n) is 8.76. The summed E-state index contributed by atoms with van der Waals surface area (Å²) in [5, 5.41) is 4.83. The first-order chi connectivity index (χ1) is 17.4. The molecule has 0 atom stereocenters. The standard InChI is InChI=1S/C27H22FN7O/c1-16-30-25(18-5-7-21(28)8-6-18)26(33(16)2)22-9-10-23-31-24(15-35(23)32-22)34-12-11-17-3-4-19(27(29)36)13-20(17)14-34/h3-13,15H,14H2,1-2H3,(H2,29,36). The van der Waals surface area contributed by atoms with Crippen molar-refractivity contribution < 1.29 is 9.18 Å². The summed E-state index contributed by atoms with van der Waals surface area (Å²) in [5.41, 5.74) is 11.8. The van der Waals surface area contributed by atoms with Crippen LogP contribution in [0.5, 0.6) is 0 Å². The Labute approximate surface area is 206 Å². The van der Waals surface area contributed by atoms with Crippen molar-refractivity contribution in [1.82, 2.24) is 24.1 Å². The summed E-state index contributed by atoms with van der Waals surface area (Å²) < 4.78 is 17.2. The maximum Gasteiger partial charge on any atom is 0.248 e. The molecule has 0 unspecified atom stereocenters. The average molecular weight is 480 g/mol. The molecule has 0 saturated heterocycles. The second-order valence-corrected chi connectivity index (χ2v) is 8.76. The van der Waals surface area contributed by atoms with Gasteiger partial charge in [0, 0.05) is 30.9 Å². The Bertz CT molecular complexity index is 1680. The molecular formula is C27H22FN7O. The van der Waals surface area contributed by atoms with Crippen molar-refractivity contribution in [3.8, 4) is 22.6 Å². The Hall–Kier alpha value is -4.79. The van der Waals surface area contributed by atoms with Crippen LogP contribution in [0.2, 0.25) is 0 Å². The molecule has 0 fully saturated rings. The predicted octanol–water partition coefficient (Wildman–Crippen LogP) is 4.33. The van der Waals surface area contributed by atoms with Crippen LogP contribution in [0.25, 0.3) is 34.4 Å². The lowest BCUT2D eigenvalue weighted by molar-refractivity contribution is 0.1000. The molecule has 5 aromatic rings. The molecule has 8 nitrogen and oxygen atoms in total. The summed E-state index contributed by atoms with van der Waals surface area (Å²) in [6, 6.07) is 15.6. The van der Waals surface area contributed by atoms with Crippen molar-refractivity contribution in [3.63, 3.8) is 0 Å². The van der Waals surface area contributed by atoms with Crippen LogP contribution in [-0.4, -0.2) is 30.1 Å². The number of carbonyl (C=O) groups is 1. The highest BCUT2D eigenvalue weighted by Gasteiger charge is 2.20. The van der Waals surface area contributed by atoms with E-state index < -0.39 is 5.91 Å². The van der Waals surface area contributed by atoms with E-state index in [4.69, 9.17) is 20.8 Å². The van der Waals surface area contributed by atoms with E-state index in [9.17, 15) is 9.18 Å². The van der Waals surface area contributed by atoms with E-state index in [1.807, 2.05) is 66.2 Å². The van der Waals surface area contributed by atoms with Crippen molar-refractivity contribution in [1.29, 1.82) is 0 Å². The minimum absolute atomic E-state index is 0.293. The van der Waals surface area contributed by atoms with Crippen LogP contribution >= 0.6 is 0 Å². The molecule has 3 aromatic heterocycles. The van der Waals surface area contributed by atoms with Gasteiger partial charge >= 0.3 is 0 Å². The number of primary amides is 1. The first-order valence-electron chi connectivity index (χ1n) is 11.4. The smallest absolute Gasteiger partial charge is 0.248 e. The van der Waals surface area contributed by atoms with Gasteiger partial charge in [0.25, 0.3) is 0 Å². The number of carbonyl (C=O) groups excluding carboxylic acids is 1. The number of aryl methyl sites for hydroxylation is 1. The van der Waals surface area contributed by atoms with Gasteiger partial charge in [-0.05, 0) is 72.7 Å². The van der Waals surface area contributed by atoms with Gasteiger partial charge < -0.3 is 15.2 Å². The molecule has 36 heavy (non-hydrogen) atoms. The van der Waals surface area contributed by atoms with E-state index in [-0.39, 0.29) is 5.82 Å². The molecule has 2 aromatic carbocycles. The van der Waals surface area contributed by atoms with Crippen LogP contribution < -0.4 is 10.6 Å². The molecule has 0 aliphatic carbocycles. The van der Waals surface area contributed by atoms with E-state index in [1.54, 1.807) is 22.7 Å². The topological polar surface area (TPSA) is 94.3 Å². The molecule has 2 N–H and O–H groups in total. The highest BCUT2D eigenvalue weighted by molar-refractivity contribution is 5.93. The van der Waals surface area contributed by atoms with Crippen LogP contribution in [0.15, 0.2) is 67.0 Å². The average Bonchev–Trinajstić information content (AvgIpc) is 3.44. The second kappa shape index (κ2) is 8.16. The lowest BCUT2D eigenvalue weighted by atomic mass is 10.0. The number of amides is 1. The third-order valence-corrected chi connectivity index (χ3v) is 6.48. The highest BCUT2D eigenvalue weighted by atomic mass is 19.1. The summed E-state index contributed by atoms with van der Waals surface area (Å²) in [6.07, 6.45) is 5.82. The number of hydrogen-bond acceptors (Lipinski definition) is 5. The summed E-state index contributed by atoms with van der Waals surface area (Å²) in [7, 11) is 1.94. The fourth-order valence-electron chi connectivity index (χ4n) is 4.47. The van der Waals surface area contributed by atoms with Gasteiger partial charge in [-0.15, -0.1) is 0 Å². The lowest BCUT2D eigenvalue weighted by Crippen LogP contribution is -2.20. The van der Waals surface area contributed by atoms with Crippen LogP contribution in [0.4, 0.5) is 10.2 Å². The van der Waals surface area contributed by atoms with Gasteiger partial charge in [0.15, 0.2) is 11.5 Å². The molecule has 1 aliphatic rings. The molecule has 4 heterocycles. The number of nitrogens with two attached hydrogens (primary N) is 1. The minimum Gasteiger partial charge on any atom is -0.366 e. The van der Waals surface area contributed by atoms with Crippen LogP contribution in [0, 0.1) is 12.7 Å². The number of rotatable bonds is 4. The fourth-order valence-corrected chi connectivity index (χ4v) is 4.47. The fraction of sp³-hybridized carbons (Fsp3) is 0.111. The van der Waals surface area contributed by atoms with Crippen LogP contribution in [-0.2, 0) is 13.6 Å². The van der Waals surface area contributed by atoms with Gasteiger partial charge in [-0.25, -0.2) is 18.9 Å². The third-order valence-electron chi connectivity index (χ3n) is 6.48. The molecule has 9 heteroatoms. The number of anilines is 1. The third kappa shape index (κ3) is 3.61. The number of aromatic nitrogens is 5. The zero-order valence-corrected chi connectivity index (χ0v) is 19.7. The Kier molecular flexibility index (Phi) is 4.92. The molecular weight excluding hydrogens is 457 g/mol. The molecule has 1 aliphatic heterocycles. The van der Waals surface area contributed by atoms with Crippen molar-refractivity contribution in [2.24, 2.45) is 12.8 Å². The Morgan fingerprint density at radius 3 is 2.64 bits per heavy atom. The van der Waals surface area contributed by atoms with Crippen molar-refractivity contribution in [2.45, 2.75) is 13.5 Å². The number of hydrogen-bond donors (Lipinski definition) is 1. The maximum atomic E-state index is 13.5. The molecule has 0 spiro atoms. The number of nitrogens with zero attached hydrogens (tertiary/aromatic N) is 6. The molecule has 1 amide bonds. The quantitative estimate of drug-likeness (QED) is 0.414.